The lowest BCUT2D eigenvalue weighted by molar-refractivity contribution is 0.0972. The summed E-state index contributed by atoms with van der Waals surface area (Å²) in [6.45, 7) is 4.39. The molecule has 2 N–H and O–H groups in total. The second-order valence-electron chi connectivity index (χ2n) is 5.95. The summed E-state index contributed by atoms with van der Waals surface area (Å²) in [5, 5.41) is -0.381. The molecule has 3 atom stereocenters. The molecule has 2 saturated heterocycles. The van der Waals surface area contributed by atoms with Gasteiger partial charge in [-0.25, -0.2) is 8.42 Å². The van der Waals surface area contributed by atoms with Gasteiger partial charge >= 0.3 is 0 Å². The highest BCUT2D eigenvalue weighted by molar-refractivity contribution is 8.00. The van der Waals surface area contributed by atoms with E-state index in [2.05, 4.69) is 23.8 Å². The third-order valence-electron chi connectivity index (χ3n) is 4.54. The number of nitrogens with zero attached hydrogens (tertiary/aromatic N) is 2. The number of nitrogens with two attached hydrogens (primary N) is 1. The minimum absolute atomic E-state index is 0.178. The Hall–Kier alpha value is 0.180. The van der Waals surface area contributed by atoms with Gasteiger partial charge in [0.1, 0.15) is 5.37 Å². The predicted molar refractivity (Wildman–Crippen MR) is 81.2 cm³/mol. The molecule has 7 heteroatoms. The number of sulfone groups is 1. The first-order valence-electron chi connectivity index (χ1n) is 6.74. The number of likely N-dealkylation sites (N-methyl/N-ethyl adjacent to an activating group) is 1. The Labute approximate surface area is 120 Å². The van der Waals surface area contributed by atoms with Crippen molar-refractivity contribution in [3.05, 3.63) is 0 Å². The first kappa shape index (κ1) is 15.6. The molecule has 19 heavy (non-hydrogen) atoms. The summed E-state index contributed by atoms with van der Waals surface area (Å²) in [4.78, 5) is 4.47. The van der Waals surface area contributed by atoms with E-state index in [-0.39, 0.29) is 10.9 Å². The van der Waals surface area contributed by atoms with Gasteiger partial charge < -0.3 is 10.6 Å². The third kappa shape index (κ3) is 2.95. The van der Waals surface area contributed by atoms with E-state index in [1.807, 2.05) is 0 Å². The summed E-state index contributed by atoms with van der Waals surface area (Å²) >= 11 is 1.73. The van der Waals surface area contributed by atoms with Gasteiger partial charge in [-0.05, 0) is 20.4 Å². The van der Waals surface area contributed by atoms with Crippen molar-refractivity contribution < 1.29 is 8.42 Å². The third-order valence-corrected chi connectivity index (χ3v) is 7.18. The molecule has 2 aliphatic heterocycles. The first-order chi connectivity index (χ1) is 8.80. The second kappa shape index (κ2) is 5.52. The smallest absolute Gasteiger partial charge is 0.164 e. The van der Waals surface area contributed by atoms with E-state index in [0.717, 1.165) is 25.3 Å². The summed E-state index contributed by atoms with van der Waals surface area (Å²) in [5.41, 5.74) is 5.88. The van der Waals surface area contributed by atoms with Crippen LogP contribution in [-0.2, 0) is 9.84 Å². The molecule has 0 aromatic carbocycles. The van der Waals surface area contributed by atoms with Crippen LogP contribution in [0.25, 0.3) is 0 Å². The van der Waals surface area contributed by atoms with Crippen LogP contribution in [-0.4, -0.2) is 79.6 Å². The highest BCUT2D eigenvalue weighted by Gasteiger charge is 2.49. The van der Waals surface area contributed by atoms with E-state index >= 15 is 0 Å². The Morgan fingerprint density at radius 1 is 1.47 bits per heavy atom. The Morgan fingerprint density at radius 3 is 2.63 bits per heavy atom. The summed E-state index contributed by atoms with van der Waals surface area (Å²) < 4.78 is 24.1. The molecule has 0 bridgehead atoms. The molecule has 0 amide bonds. The average Bonchev–Trinajstić information content (AvgIpc) is 2.65. The van der Waals surface area contributed by atoms with Crippen molar-refractivity contribution in [2.45, 2.75) is 30.3 Å². The van der Waals surface area contributed by atoms with Crippen LogP contribution >= 0.6 is 11.8 Å². The van der Waals surface area contributed by atoms with E-state index in [9.17, 15) is 8.42 Å². The maximum absolute atomic E-state index is 12.1. The second-order valence-corrected chi connectivity index (χ2v) is 9.30. The lowest BCUT2D eigenvalue weighted by atomic mass is 9.94. The molecule has 2 heterocycles. The van der Waals surface area contributed by atoms with Gasteiger partial charge in [0.2, 0.25) is 0 Å². The van der Waals surface area contributed by atoms with Crippen LogP contribution in [0.2, 0.25) is 0 Å². The van der Waals surface area contributed by atoms with Crippen LogP contribution < -0.4 is 5.73 Å². The van der Waals surface area contributed by atoms with E-state index in [1.54, 1.807) is 11.8 Å². The molecule has 2 fully saturated rings. The highest BCUT2D eigenvalue weighted by Crippen LogP contribution is 2.36. The Kier molecular flexibility index (Phi) is 4.52. The number of likely N-dealkylation sites (tertiary alicyclic amines) is 1. The molecule has 0 saturated carbocycles. The Balaban J connectivity index is 2.30. The van der Waals surface area contributed by atoms with Crippen molar-refractivity contribution in [2.75, 3.05) is 44.4 Å². The monoisotopic (exact) mass is 307 g/mol. The molecule has 0 aromatic heterocycles. The molecule has 3 unspecified atom stereocenters. The number of hydrogen-bond donors (Lipinski definition) is 1. The quantitative estimate of drug-likeness (QED) is 0.781. The van der Waals surface area contributed by atoms with Crippen LogP contribution in [0.15, 0.2) is 0 Å². The fourth-order valence-corrected chi connectivity index (χ4v) is 6.28. The number of thioether (sulfide) groups is 1. The van der Waals surface area contributed by atoms with Crippen molar-refractivity contribution in [2.24, 2.45) is 5.73 Å². The molecule has 0 aromatic rings. The van der Waals surface area contributed by atoms with Gasteiger partial charge in [0.25, 0.3) is 0 Å². The van der Waals surface area contributed by atoms with E-state index < -0.39 is 9.84 Å². The predicted octanol–water partition coefficient (Wildman–Crippen LogP) is -0.173. The minimum Gasteiger partial charge on any atom is -0.329 e. The van der Waals surface area contributed by atoms with E-state index in [1.165, 1.54) is 6.26 Å². The van der Waals surface area contributed by atoms with Crippen molar-refractivity contribution in [1.82, 2.24) is 9.80 Å². The lowest BCUT2D eigenvalue weighted by Gasteiger charge is -2.46. The van der Waals surface area contributed by atoms with Crippen molar-refractivity contribution in [3.63, 3.8) is 0 Å². The summed E-state index contributed by atoms with van der Waals surface area (Å²) in [6, 6.07) is 0.457. The molecule has 0 aliphatic carbocycles. The zero-order valence-corrected chi connectivity index (χ0v) is 13.6. The average molecular weight is 307 g/mol. The standard InChI is InChI=1S/C12H25N3O2S2/c1-10-6-12(8-13,9-14(10)2)15-4-5-18-7-11(15)19(3,16)17/h10-11H,4-9,13H2,1-3H3. The van der Waals surface area contributed by atoms with Crippen molar-refractivity contribution in [1.29, 1.82) is 0 Å². The molecule has 2 aliphatic rings. The molecule has 0 radical (unpaired) electrons. The minimum atomic E-state index is -3.06. The molecule has 2 rings (SSSR count). The zero-order valence-electron chi connectivity index (χ0n) is 12.0. The maximum atomic E-state index is 12.1. The fourth-order valence-electron chi connectivity index (χ4n) is 3.34. The number of hydrogen-bond acceptors (Lipinski definition) is 6. The first-order valence-corrected chi connectivity index (χ1v) is 9.85. The van der Waals surface area contributed by atoms with Crippen molar-refractivity contribution >= 4 is 21.6 Å². The largest absolute Gasteiger partial charge is 0.329 e. The van der Waals surface area contributed by atoms with Gasteiger partial charge in [0, 0.05) is 49.0 Å². The Bertz CT molecular complexity index is 417. The van der Waals surface area contributed by atoms with Crippen LogP contribution in [0.5, 0.6) is 0 Å². The van der Waals surface area contributed by atoms with Crippen LogP contribution in [0.3, 0.4) is 0 Å². The maximum Gasteiger partial charge on any atom is 0.164 e. The normalized spacial score (nSPS) is 38.7. The number of rotatable bonds is 3. The van der Waals surface area contributed by atoms with Gasteiger partial charge in [-0.2, -0.15) is 11.8 Å². The molecule has 5 nitrogen and oxygen atoms in total. The zero-order chi connectivity index (χ0) is 14.3. The lowest BCUT2D eigenvalue weighted by Crippen LogP contribution is -2.63. The molecular weight excluding hydrogens is 282 g/mol. The molecule has 112 valence electrons. The fraction of sp³-hybridized carbons (Fsp3) is 1.00. The van der Waals surface area contributed by atoms with Gasteiger partial charge in [-0.1, -0.05) is 0 Å². The highest BCUT2D eigenvalue weighted by atomic mass is 32.2. The van der Waals surface area contributed by atoms with Crippen LogP contribution in [0.4, 0.5) is 0 Å². The van der Waals surface area contributed by atoms with Crippen LogP contribution in [0.1, 0.15) is 13.3 Å². The Morgan fingerprint density at radius 2 is 2.16 bits per heavy atom. The summed E-state index contributed by atoms with van der Waals surface area (Å²) in [5.74, 6) is 1.66. The van der Waals surface area contributed by atoms with E-state index in [4.69, 9.17) is 5.73 Å². The summed E-state index contributed by atoms with van der Waals surface area (Å²) in [6.07, 6.45) is 2.31. The van der Waals surface area contributed by atoms with Gasteiger partial charge in [0.15, 0.2) is 9.84 Å². The topological polar surface area (TPSA) is 66.6 Å². The SMILES string of the molecule is CC1CC(CN)(N2CCSCC2S(C)(=O)=O)CN1C. The van der Waals surface area contributed by atoms with Crippen LogP contribution in [0, 0.1) is 0 Å². The van der Waals surface area contributed by atoms with Gasteiger partial charge in [-0.15, -0.1) is 0 Å². The van der Waals surface area contributed by atoms with Crippen molar-refractivity contribution in [3.8, 4) is 0 Å². The summed E-state index contributed by atoms with van der Waals surface area (Å²) in [7, 11) is -0.971. The van der Waals surface area contributed by atoms with Gasteiger partial charge in [-0.3, -0.25) is 4.90 Å². The van der Waals surface area contributed by atoms with E-state index in [0.29, 0.717) is 18.3 Å². The molecular formula is C12H25N3O2S2. The molecule has 0 spiro atoms. The van der Waals surface area contributed by atoms with Gasteiger partial charge in [0.05, 0.1) is 0 Å².